The molecule has 0 aliphatic carbocycles. The van der Waals surface area contributed by atoms with Crippen LogP contribution >= 0.6 is 0 Å². The topological polar surface area (TPSA) is 56.2 Å². The van der Waals surface area contributed by atoms with Gasteiger partial charge in [0.2, 0.25) is 0 Å². The van der Waals surface area contributed by atoms with E-state index in [0.29, 0.717) is 5.69 Å². The lowest BCUT2D eigenvalue weighted by Crippen LogP contribution is -2.13. The molecule has 4 heteroatoms. The van der Waals surface area contributed by atoms with Crippen LogP contribution < -0.4 is 5.73 Å². The normalized spacial score (nSPS) is 12.2. The number of nitrogens with zero attached hydrogens (tertiary/aromatic N) is 3. The van der Waals surface area contributed by atoms with Crippen LogP contribution in [0.3, 0.4) is 0 Å². The predicted molar refractivity (Wildman–Crippen MR) is 56.1 cm³/mol. The highest BCUT2D eigenvalue weighted by molar-refractivity contribution is 5.46. The number of hydrogen-bond donors (Lipinski definition) is 1. The first kappa shape index (κ1) is 8.99. The summed E-state index contributed by atoms with van der Waals surface area (Å²) in [5.74, 6) is 0.836. The number of nitrogens with two attached hydrogens (primary N) is 1. The van der Waals surface area contributed by atoms with Crippen LogP contribution in [0.4, 0.5) is 5.69 Å². The Bertz CT molecular complexity index is 464. The van der Waals surface area contributed by atoms with E-state index in [0.717, 1.165) is 11.5 Å². The van der Waals surface area contributed by atoms with E-state index in [1.54, 1.807) is 10.7 Å². The van der Waals surface area contributed by atoms with E-state index in [4.69, 9.17) is 5.73 Å². The minimum Gasteiger partial charge on any atom is -0.397 e. The Labute approximate surface area is 82.8 Å². The van der Waals surface area contributed by atoms with Gasteiger partial charge in [-0.15, -0.1) is 0 Å². The summed E-state index contributed by atoms with van der Waals surface area (Å²) in [7, 11) is 0. The predicted octanol–water partition coefficient (Wildman–Crippen LogP) is 1.61. The molecule has 0 aliphatic rings. The van der Waals surface area contributed by atoms with Crippen molar-refractivity contribution in [2.75, 3.05) is 5.73 Å². The standard InChI is InChI=1S/C10H14N4/c1-10(2,3)9-12-8-5-4-7(11)6-14(8)13-9/h4-6H,11H2,1-3H3. The molecule has 0 saturated heterocycles. The molecule has 2 rings (SSSR count). The molecule has 0 unspecified atom stereocenters. The fourth-order valence-electron chi connectivity index (χ4n) is 1.22. The Morgan fingerprint density at radius 1 is 1.29 bits per heavy atom. The SMILES string of the molecule is CC(C)(C)c1nc2ccc(N)cn2n1. The maximum absolute atomic E-state index is 5.65. The third-order valence-electron chi connectivity index (χ3n) is 2.02. The minimum atomic E-state index is -0.0270. The lowest BCUT2D eigenvalue weighted by molar-refractivity contribution is 0.545. The first-order valence-electron chi connectivity index (χ1n) is 4.59. The third-order valence-corrected chi connectivity index (χ3v) is 2.02. The zero-order chi connectivity index (χ0) is 10.3. The van der Waals surface area contributed by atoms with Gasteiger partial charge in [-0.2, -0.15) is 5.10 Å². The number of rotatable bonds is 0. The number of anilines is 1. The fraction of sp³-hybridized carbons (Fsp3) is 0.400. The second-order valence-electron chi connectivity index (χ2n) is 4.45. The van der Waals surface area contributed by atoms with Gasteiger partial charge < -0.3 is 5.73 Å². The molecule has 2 aromatic rings. The zero-order valence-electron chi connectivity index (χ0n) is 8.65. The Kier molecular flexibility index (Phi) is 1.74. The van der Waals surface area contributed by atoms with E-state index >= 15 is 0 Å². The molecular formula is C10H14N4. The summed E-state index contributed by atoms with van der Waals surface area (Å²) in [5.41, 5.74) is 7.16. The number of hydrogen-bond acceptors (Lipinski definition) is 3. The van der Waals surface area contributed by atoms with Crippen molar-refractivity contribution < 1.29 is 0 Å². The van der Waals surface area contributed by atoms with Crippen LogP contribution in [0.5, 0.6) is 0 Å². The molecule has 0 aliphatic heterocycles. The summed E-state index contributed by atoms with van der Waals surface area (Å²) < 4.78 is 1.72. The van der Waals surface area contributed by atoms with Crippen molar-refractivity contribution in [3.05, 3.63) is 24.2 Å². The van der Waals surface area contributed by atoms with Crippen molar-refractivity contribution in [3.63, 3.8) is 0 Å². The zero-order valence-corrected chi connectivity index (χ0v) is 8.65. The van der Waals surface area contributed by atoms with Gasteiger partial charge in [-0.1, -0.05) is 20.8 Å². The highest BCUT2D eigenvalue weighted by atomic mass is 15.3. The highest BCUT2D eigenvalue weighted by Gasteiger charge is 2.19. The van der Waals surface area contributed by atoms with Crippen molar-refractivity contribution in [1.82, 2.24) is 14.6 Å². The third kappa shape index (κ3) is 1.43. The Hall–Kier alpha value is -1.58. The highest BCUT2D eigenvalue weighted by Crippen LogP contribution is 2.19. The first-order chi connectivity index (χ1) is 6.47. The molecule has 0 aromatic carbocycles. The summed E-state index contributed by atoms with van der Waals surface area (Å²) in [6, 6.07) is 3.70. The number of aromatic nitrogens is 3. The fourth-order valence-corrected chi connectivity index (χ4v) is 1.22. The number of nitrogen functional groups attached to an aromatic ring is 1. The van der Waals surface area contributed by atoms with Gasteiger partial charge in [-0.05, 0) is 12.1 Å². The van der Waals surface area contributed by atoms with E-state index in [2.05, 4.69) is 30.9 Å². The van der Waals surface area contributed by atoms with Crippen molar-refractivity contribution in [2.24, 2.45) is 0 Å². The van der Waals surface area contributed by atoms with Crippen LogP contribution in [-0.4, -0.2) is 14.6 Å². The van der Waals surface area contributed by atoms with Crippen molar-refractivity contribution >= 4 is 11.3 Å². The second-order valence-corrected chi connectivity index (χ2v) is 4.45. The molecule has 0 bridgehead atoms. The molecule has 0 fully saturated rings. The number of pyridine rings is 1. The molecule has 0 saturated carbocycles. The van der Waals surface area contributed by atoms with E-state index in [-0.39, 0.29) is 5.41 Å². The largest absolute Gasteiger partial charge is 0.397 e. The van der Waals surface area contributed by atoms with Gasteiger partial charge in [0.15, 0.2) is 11.5 Å². The Morgan fingerprint density at radius 3 is 2.64 bits per heavy atom. The summed E-state index contributed by atoms with van der Waals surface area (Å²) in [5, 5.41) is 4.37. The van der Waals surface area contributed by atoms with Crippen LogP contribution in [0.15, 0.2) is 18.3 Å². The van der Waals surface area contributed by atoms with Gasteiger partial charge in [0, 0.05) is 5.41 Å². The molecule has 0 atom stereocenters. The van der Waals surface area contributed by atoms with E-state index < -0.39 is 0 Å². The van der Waals surface area contributed by atoms with Gasteiger partial charge >= 0.3 is 0 Å². The van der Waals surface area contributed by atoms with Crippen molar-refractivity contribution in [3.8, 4) is 0 Å². The van der Waals surface area contributed by atoms with Crippen LogP contribution in [0.25, 0.3) is 5.65 Å². The number of fused-ring (bicyclic) bond motifs is 1. The van der Waals surface area contributed by atoms with Gasteiger partial charge in [-0.3, -0.25) is 0 Å². The lowest BCUT2D eigenvalue weighted by Gasteiger charge is -2.11. The first-order valence-corrected chi connectivity index (χ1v) is 4.59. The van der Waals surface area contributed by atoms with Crippen molar-refractivity contribution in [1.29, 1.82) is 0 Å². The summed E-state index contributed by atoms with van der Waals surface area (Å²) in [4.78, 5) is 4.42. The maximum atomic E-state index is 5.65. The summed E-state index contributed by atoms with van der Waals surface area (Å²) >= 11 is 0. The molecule has 4 nitrogen and oxygen atoms in total. The van der Waals surface area contributed by atoms with E-state index in [1.165, 1.54) is 0 Å². The lowest BCUT2D eigenvalue weighted by atomic mass is 9.96. The van der Waals surface area contributed by atoms with E-state index in [1.807, 2.05) is 12.1 Å². The second kappa shape index (κ2) is 2.70. The molecular weight excluding hydrogens is 176 g/mol. The van der Waals surface area contributed by atoms with Crippen LogP contribution in [-0.2, 0) is 5.41 Å². The van der Waals surface area contributed by atoms with Crippen LogP contribution in [0.1, 0.15) is 26.6 Å². The van der Waals surface area contributed by atoms with Gasteiger partial charge in [0.1, 0.15) is 0 Å². The summed E-state index contributed by atoms with van der Waals surface area (Å²) in [6.45, 7) is 6.27. The van der Waals surface area contributed by atoms with E-state index in [9.17, 15) is 0 Å². The molecule has 0 spiro atoms. The van der Waals surface area contributed by atoms with Gasteiger partial charge in [0.05, 0.1) is 11.9 Å². The molecule has 0 amide bonds. The van der Waals surface area contributed by atoms with Crippen molar-refractivity contribution in [2.45, 2.75) is 26.2 Å². The maximum Gasteiger partial charge on any atom is 0.157 e. The smallest absolute Gasteiger partial charge is 0.157 e. The van der Waals surface area contributed by atoms with Crippen LogP contribution in [0.2, 0.25) is 0 Å². The molecule has 74 valence electrons. The molecule has 14 heavy (non-hydrogen) atoms. The minimum absolute atomic E-state index is 0.0270. The monoisotopic (exact) mass is 190 g/mol. The van der Waals surface area contributed by atoms with Crippen LogP contribution in [0, 0.1) is 0 Å². The molecule has 2 N–H and O–H groups in total. The van der Waals surface area contributed by atoms with Gasteiger partial charge in [0.25, 0.3) is 0 Å². The average molecular weight is 190 g/mol. The average Bonchev–Trinajstić information content (AvgIpc) is 2.45. The molecule has 0 radical (unpaired) electrons. The molecule has 2 aromatic heterocycles. The summed E-state index contributed by atoms with van der Waals surface area (Å²) in [6.07, 6.45) is 1.78. The Morgan fingerprint density at radius 2 is 2.00 bits per heavy atom. The molecule has 2 heterocycles. The van der Waals surface area contributed by atoms with Gasteiger partial charge in [-0.25, -0.2) is 9.50 Å². The Balaban J connectivity index is 2.63. The quantitative estimate of drug-likeness (QED) is 0.686.